The summed E-state index contributed by atoms with van der Waals surface area (Å²) in [6, 6.07) is 56.1. The van der Waals surface area contributed by atoms with E-state index in [2.05, 4.69) is 95.6 Å². The maximum atomic E-state index is 11.0. The van der Waals surface area contributed by atoms with E-state index in [9.17, 15) is 5.26 Å². The number of aromatic nitrogens is 3. The molecule has 0 aliphatic carbocycles. The van der Waals surface area contributed by atoms with Crippen molar-refractivity contribution < 1.29 is 4.42 Å². The molecular formula is C45H26N4O. The lowest BCUT2D eigenvalue weighted by Crippen LogP contribution is -2.01. The lowest BCUT2D eigenvalue weighted by molar-refractivity contribution is 0.670. The monoisotopic (exact) mass is 638 g/mol. The largest absolute Gasteiger partial charge is 0.455 e. The molecule has 3 heterocycles. The number of para-hydroxylation sites is 3. The number of hydrogen-bond donors (Lipinski definition) is 0. The second kappa shape index (κ2) is 11.0. The fraction of sp³-hybridized carbons (Fsp3) is 0. The minimum atomic E-state index is 0.396. The molecular weight excluding hydrogens is 613 g/mol. The van der Waals surface area contributed by atoms with Gasteiger partial charge in [-0.2, -0.15) is 5.26 Å². The molecule has 0 unspecified atom stereocenters. The van der Waals surface area contributed by atoms with Gasteiger partial charge >= 0.3 is 0 Å². The Morgan fingerprint density at radius 3 is 2.06 bits per heavy atom. The number of benzene rings is 7. The Morgan fingerprint density at radius 2 is 1.24 bits per heavy atom. The first kappa shape index (κ1) is 28.0. The van der Waals surface area contributed by atoms with Gasteiger partial charge in [0, 0.05) is 38.5 Å². The zero-order chi connectivity index (χ0) is 33.2. The minimum absolute atomic E-state index is 0.396. The molecule has 0 spiro atoms. The first-order chi connectivity index (χ1) is 24.8. The maximum Gasteiger partial charge on any atom is 0.160 e. The third-order valence-corrected chi connectivity index (χ3v) is 9.62. The molecule has 7 aromatic carbocycles. The number of nitrogens with zero attached hydrogens (tertiary/aromatic N) is 4. The van der Waals surface area contributed by atoms with Crippen LogP contribution in [0.3, 0.4) is 0 Å². The number of furan rings is 1. The van der Waals surface area contributed by atoms with Crippen molar-refractivity contribution in [3.8, 4) is 45.7 Å². The lowest BCUT2D eigenvalue weighted by atomic mass is 9.95. The van der Waals surface area contributed by atoms with Gasteiger partial charge in [-0.3, -0.25) is 0 Å². The molecule has 0 aliphatic rings. The van der Waals surface area contributed by atoms with Crippen molar-refractivity contribution in [1.82, 2.24) is 14.5 Å². The summed E-state index contributed by atoms with van der Waals surface area (Å²) >= 11 is 0. The van der Waals surface area contributed by atoms with Crippen LogP contribution in [0.4, 0.5) is 0 Å². The summed E-state index contributed by atoms with van der Waals surface area (Å²) in [5.74, 6) is 0.541. The molecule has 0 saturated carbocycles. The van der Waals surface area contributed by atoms with Gasteiger partial charge in [-0.25, -0.2) is 9.97 Å². The van der Waals surface area contributed by atoms with Crippen LogP contribution in [0.15, 0.2) is 162 Å². The van der Waals surface area contributed by atoms with Crippen LogP contribution < -0.4 is 0 Å². The van der Waals surface area contributed by atoms with E-state index in [4.69, 9.17) is 14.4 Å². The van der Waals surface area contributed by atoms with E-state index in [1.54, 1.807) is 0 Å². The molecule has 232 valence electrons. The normalized spacial score (nSPS) is 11.6. The summed E-state index contributed by atoms with van der Waals surface area (Å²) in [5, 5.41) is 17.3. The molecule has 0 bridgehead atoms. The van der Waals surface area contributed by atoms with Crippen molar-refractivity contribution in [1.29, 1.82) is 5.26 Å². The average molecular weight is 639 g/mol. The molecule has 0 fully saturated rings. The van der Waals surface area contributed by atoms with Gasteiger partial charge in [-0.15, -0.1) is 0 Å². The van der Waals surface area contributed by atoms with E-state index < -0.39 is 0 Å². The van der Waals surface area contributed by atoms with Crippen LogP contribution in [0, 0.1) is 11.3 Å². The molecule has 50 heavy (non-hydrogen) atoms. The van der Waals surface area contributed by atoms with Crippen LogP contribution >= 0.6 is 0 Å². The fourth-order valence-electron chi connectivity index (χ4n) is 7.38. The molecule has 0 amide bonds. The molecule has 0 radical (unpaired) electrons. The molecule has 0 aliphatic heterocycles. The van der Waals surface area contributed by atoms with E-state index in [1.807, 2.05) is 72.8 Å². The van der Waals surface area contributed by atoms with Crippen molar-refractivity contribution >= 4 is 54.5 Å². The van der Waals surface area contributed by atoms with E-state index >= 15 is 0 Å². The Labute approximate surface area is 286 Å². The standard InChI is InChI=1S/C45H26N4O/c46-27-37-41(31-24-23-28-13-7-8-16-30(28)25-31)47-45(29-14-3-1-4-15-29)48-42(37)36-26-35-33-19-9-11-21-38(33)49(32-17-5-2-6-18-32)43(35)40-34-20-10-12-22-39(34)50-44(36)40/h1-26H. The van der Waals surface area contributed by atoms with Crippen LogP contribution in [0.1, 0.15) is 5.56 Å². The zero-order valence-electron chi connectivity index (χ0n) is 26.7. The molecule has 5 heteroatoms. The van der Waals surface area contributed by atoms with Crippen molar-refractivity contribution in [2.24, 2.45) is 0 Å². The van der Waals surface area contributed by atoms with Gasteiger partial charge in [-0.1, -0.05) is 121 Å². The van der Waals surface area contributed by atoms with Crippen LogP contribution in [0.5, 0.6) is 0 Å². The number of hydrogen-bond acceptors (Lipinski definition) is 4. The highest BCUT2D eigenvalue weighted by Gasteiger charge is 2.26. The van der Waals surface area contributed by atoms with E-state index in [1.165, 1.54) is 0 Å². The number of fused-ring (bicyclic) bond motifs is 8. The first-order valence-electron chi connectivity index (χ1n) is 16.6. The summed E-state index contributed by atoms with van der Waals surface area (Å²) in [4.78, 5) is 10.3. The van der Waals surface area contributed by atoms with Gasteiger partial charge in [-0.05, 0) is 47.2 Å². The molecule has 0 N–H and O–H groups in total. The van der Waals surface area contributed by atoms with Gasteiger partial charge < -0.3 is 8.98 Å². The van der Waals surface area contributed by atoms with Gasteiger partial charge in [0.1, 0.15) is 22.8 Å². The van der Waals surface area contributed by atoms with Gasteiger partial charge in [0.25, 0.3) is 0 Å². The fourth-order valence-corrected chi connectivity index (χ4v) is 7.38. The minimum Gasteiger partial charge on any atom is -0.455 e. The van der Waals surface area contributed by atoms with Crippen molar-refractivity contribution in [2.45, 2.75) is 0 Å². The lowest BCUT2D eigenvalue weighted by Gasteiger charge is -2.14. The van der Waals surface area contributed by atoms with Crippen molar-refractivity contribution in [3.63, 3.8) is 0 Å². The first-order valence-corrected chi connectivity index (χ1v) is 16.6. The highest BCUT2D eigenvalue weighted by Crippen LogP contribution is 2.46. The molecule has 5 nitrogen and oxygen atoms in total. The highest BCUT2D eigenvalue weighted by molar-refractivity contribution is 6.27. The van der Waals surface area contributed by atoms with Gasteiger partial charge in [0.05, 0.1) is 27.8 Å². The smallest absolute Gasteiger partial charge is 0.160 e. The Morgan fingerprint density at radius 1 is 0.560 bits per heavy atom. The molecule has 0 saturated heterocycles. The molecule has 0 atom stereocenters. The summed E-state index contributed by atoms with van der Waals surface area (Å²) in [6.45, 7) is 0. The number of rotatable bonds is 4. The van der Waals surface area contributed by atoms with Crippen LogP contribution in [-0.4, -0.2) is 14.5 Å². The highest BCUT2D eigenvalue weighted by atomic mass is 16.3. The van der Waals surface area contributed by atoms with Crippen LogP contribution in [0.2, 0.25) is 0 Å². The van der Waals surface area contributed by atoms with E-state index in [0.717, 1.165) is 71.3 Å². The van der Waals surface area contributed by atoms with E-state index in [0.29, 0.717) is 28.4 Å². The van der Waals surface area contributed by atoms with Gasteiger partial charge in [0.2, 0.25) is 0 Å². The quantitative estimate of drug-likeness (QED) is 0.192. The maximum absolute atomic E-state index is 11.0. The molecule has 10 rings (SSSR count). The van der Waals surface area contributed by atoms with Crippen molar-refractivity contribution in [2.75, 3.05) is 0 Å². The van der Waals surface area contributed by atoms with E-state index in [-0.39, 0.29) is 0 Å². The predicted octanol–water partition coefficient (Wildman–Crippen LogP) is 11.5. The predicted molar refractivity (Wildman–Crippen MR) is 202 cm³/mol. The van der Waals surface area contributed by atoms with Gasteiger partial charge in [0.15, 0.2) is 5.82 Å². The average Bonchev–Trinajstić information content (AvgIpc) is 3.73. The zero-order valence-corrected chi connectivity index (χ0v) is 26.7. The van der Waals surface area contributed by atoms with Crippen LogP contribution in [0.25, 0.3) is 94.1 Å². The number of nitriles is 1. The summed E-state index contributed by atoms with van der Waals surface area (Å²) in [6.07, 6.45) is 0. The summed E-state index contributed by atoms with van der Waals surface area (Å²) in [5.41, 5.74) is 8.61. The van der Waals surface area contributed by atoms with Crippen LogP contribution in [-0.2, 0) is 0 Å². The summed E-state index contributed by atoms with van der Waals surface area (Å²) in [7, 11) is 0. The third kappa shape index (κ3) is 4.19. The second-order valence-electron chi connectivity index (χ2n) is 12.5. The molecule has 10 aromatic rings. The Balaban J connectivity index is 1.38. The summed E-state index contributed by atoms with van der Waals surface area (Å²) < 4.78 is 9.12. The Kier molecular flexibility index (Phi) is 6.17. The molecule has 3 aromatic heterocycles. The second-order valence-corrected chi connectivity index (χ2v) is 12.5. The Bertz CT molecular complexity index is 2990. The topological polar surface area (TPSA) is 67.6 Å². The Hall–Kier alpha value is -7.03. The van der Waals surface area contributed by atoms with Crippen molar-refractivity contribution in [3.05, 3.63) is 163 Å². The SMILES string of the molecule is N#Cc1c(-c2ccc3ccccc3c2)nc(-c2ccccc2)nc1-c1cc2c3ccccc3n(-c3ccccc3)c2c2c1oc1ccccc12. The third-order valence-electron chi connectivity index (χ3n) is 9.62.